The molecule has 0 unspecified atom stereocenters. The molecule has 2 N–H and O–H groups in total. The van der Waals surface area contributed by atoms with Gasteiger partial charge >= 0.3 is 5.97 Å². The summed E-state index contributed by atoms with van der Waals surface area (Å²) in [5.74, 6) is -5.58. The summed E-state index contributed by atoms with van der Waals surface area (Å²) < 4.78 is 45.6. The molecule has 9 heteroatoms. The molecule has 6 nitrogen and oxygen atoms in total. The molecule has 2 rings (SSSR count). The summed E-state index contributed by atoms with van der Waals surface area (Å²) in [5.41, 5.74) is -2.03. The first-order chi connectivity index (χ1) is 10.5. The fourth-order valence-electron chi connectivity index (χ4n) is 1.64. The molecule has 0 fully saturated rings. The average molecular weight is 313 g/mol. The molecule has 22 heavy (non-hydrogen) atoms. The van der Waals surface area contributed by atoms with E-state index in [4.69, 9.17) is 0 Å². The van der Waals surface area contributed by atoms with Crippen molar-refractivity contribution in [2.75, 3.05) is 11.9 Å². The molecule has 0 saturated heterocycles. The standard InChI is InChI=1S/C13H10F3N3O3/c1-2-22-13(21)6-3-4-7(14)10(9(6)16)18-12(20)11-8(15)5-17-19-11/h3-5H,2H2,1H3,(H,17,19)(H,18,20). The van der Waals surface area contributed by atoms with Crippen LogP contribution in [0.25, 0.3) is 0 Å². The van der Waals surface area contributed by atoms with Gasteiger partial charge in [0, 0.05) is 0 Å². The summed E-state index contributed by atoms with van der Waals surface area (Å²) in [7, 11) is 0. The molecule has 0 aliphatic carbocycles. The van der Waals surface area contributed by atoms with Crippen molar-refractivity contribution in [3.8, 4) is 0 Å². The predicted octanol–water partition coefficient (Wildman–Crippen LogP) is 2.26. The number of aromatic nitrogens is 2. The number of rotatable bonds is 4. The van der Waals surface area contributed by atoms with E-state index in [1.165, 1.54) is 6.92 Å². The van der Waals surface area contributed by atoms with E-state index in [2.05, 4.69) is 9.84 Å². The van der Waals surface area contributed by atoms with Crippen molar-refractivity contribution in [2.45, 2.75) is 6.92 Å². The topological polar surface area (TPSA) is 84.1 Å². The molecule has 0 aliphatic rings. The first kappa shape index (κ1) is 15.5. The monoisotopic (exact) mass is 313 g/mol. The second kappa shape index (κ2) is 6.29. The number of aromatic amines is 1. The molecule has 0 saturated carbocycles. The normalized spacial score (nSPS) is 10.4. The van der Waals surface area contributed by atoms with E-state index in [0.29, 0.717) is 0 Å². The fraction of sp³-hybridized carbons (Fsp3) is 0.154. The predicted molar refractivity (Wildman–Crippen MR) is 68.8 cm³/mol. The van der Waals surface area contributed by atoms with E-state index in [-0.39, 0.29) is 6.61 Å². The van der Waals surface area contributed by atoms with Crippen LogP contribution in [0.3, 0.4) is 0 Å². The largest absolute Gasteiger partial charge is 0.462 e. The third-order valence-corrected chi connectivity index (χ3v) is 2.65. The van der Waals surface area contributed by atoms with Crippen LogP contribution in [0, 0.1) is 17.5 Å². The van der Waals surface area contributed by atoms with Crippen LogP contribution in [0.5, 0.6) is 0 Å². The second-order valence-electron chi connectivity index (χ2n) is 4.05. The fourth-order valence-corrected chi connectivity index (χ4v) is 1.64. The first-order valence-corrected chi connectivity index (χ1v) is 6.11. The quantitative estimate of drug-likeness (QED) is 0.848. The maximum Gasteiger partial charge on any atom is 0.341 e. The number of anilines is 1. The highest BCUT2D eigenvalue weighted by atomic mass is 19.1. The van der Waals surface area contributed by atoms with Crippen LogP contribution in [0.1, 0.15) is 27.8 Å². The lowest BCUT2D eigenvalue weighted by Gasteiger charge is -2.10. The Labute approximate surface area is 122 Å². The summed E-state index contributed by atoms with van der Waals surface area (Å²) in [4.78, 5) is 23.3. The van der Waals surface area contributed by atoms with Crippen molar-refractivity contribution in [3.05, 3.63) is 47.0 Å². The summed E-state index contributed by atoms with van der Waals surface area (Å²) >= 11 is 0. The van der Waals surface area contributed by atoms with Gasteiger partial charge in [0.1, 0.15) is 11.5 Å². The van der Waals surface area contributed by atoms with Gasteiger partial charge in [-0.25, -0.2) is 18.0 Å². The molecule has 0 spiro atoms. The van der Waals surface area contributed by atoms with Gasteiger partial charge in [-0.2, -0.15) is 5.10 Å². The number of hydrogen-bond donors (Lipinski definition) is 2. The molecule has 116 valence electrons. The van der Waals surface area contributed by atoms with Crippen molar-refractivity contribution in [2.24, 2.45) is 0 Å². The van der Waals surface area contributed by atoms with Gasteiger partial charge in [0.05, 0.1) is 18.4 Å². The average Bonchev–Trinajstić information content (AvgIpc) is 2.89. The number of carbonyl (C=O) groups excluding carboxylic acids is 2. The van der Waals surface area contributed by atoms with Gasteiger partial charge < -0.3 is 10.1 Å². The number of amides is 1. The zero-order valence-corrected chi connectivity index (χ0v) is 11.2. The number of carbonyl (C=O) groups is 2. The lowest BCUT2D eigenvalue weighted by Crippen LogP contribution is -2.18. The summed E-state index contributed by atoms with van der Waals surface area (Å²) in [6.07, 6.45) is 0.733. The van der Waals surface area contributed by atoms with E-state index < -0.39 is 46.3 Å². The molecule has 1 aromatic heterocycles. The molecule has 1 amide bonds. The van der Waals surface area contributed by atoms with Crippen LogP contribution < -0.4 is 5.32 Å². The number of nitrogens with one attached hydrogen (secondary N) is 2. The van der Waals surface area contributed by atoms with Gasteiger partial charge in [-0.05, 0) is 19.1 Å². The second-order valence-corrected chi connectivity index (χ2v) is 4.05. The van der Waals surface area contributed by atoms with Gasteiger partial charge in [-0.1, -0.05) is 0 Å². The molecular weight excluding hydrogens is 303 g/mol. The number of halogens is 3. The number of benzene rings is 1. The van der Waals surface area contributed by atoms with E-state index in [1.54, 1.807) is 0 Å². The molecule has 0 bridgehead atoms. The highest BCUT2D eigenvalue weighted by molar-refractivity contribution is 6.04. The van der Waals surface area contributed by atoms with Crippen LogP contribution in [-0.2, 0) is 4.74 Å². The van der Waals surface area contributed by atoms with Crippen LogP contribution in [0.2, 0.25) is 0 Å². The van der Waals surface area contributed by atoms with E-state index in [0.717, 1.165) is 18.3 Å². The van der Waals surface area contributed by atoms with Gasteiger partial charge in [-0.15, -0.1) is 0 Å². The molecule has 0 radical (unpaired) electrons. The third-order valence-electron chi connectivity index (χ3n) is 2.65. The molecular formula is C13H10F3N3O3. The molecule has 1 heterocycles. The molecule has 0 atom stereocenters. The minimum Gasteiger partial charge on any atom is -0.462 e. The maximum absolute atomic E-state index is 14.1. The third kappa shape index (κ3) is 2.92. The van der Waals surface area contributed by atoms with E-state index in [9.17, 15) is 22.8 Å². The van der Waals surface area contributed by atoms with Crippen LogP contribution in [-0.4, -0.2) is 28.7 Å². The zero-order chi connectivity index (χ0) is 16.3. The minimum absolute atomic E-state index is 0.00328. The van der Waals surface area contributed by atoms with Gasteiger partial charge in [0.15, 0.2) is 17.3 Å². The Balaban J connectivity index is 2.35. The Hall–Kier alpha value is -2.84. The van der Waals surface area contributed by atoms with Crippen molar-refractivity contribution in [3.63, 3.8) is 0 Å². The smallest absolute Gasteiger partial charge is 0.341 e. The number of ether oxygens (including phenoxy) is 1. The molecule has 0 aliphatic heterocycles. The van der Waals surface area contributed by atoms with Crippen molar-refractivity contribution < 1.29 is 27.5 Å². The number of H-pyrrole nitrogens is 1. The van der Waals surface area contributed by atoms with Crippen LogP contribution >= 0.6 is 0 Å². The molecule has 1 aromatic carbocycles. The number of esters is 1. The van der Waals surface area contributed by atoms with E-state index in [1.807, 2.05) is 10.4 Å². The number of nitrogens with zero attached hydrogens (tertiary/aromatic N) is 1. The Morgan fingerprint density at radius 2 is 2.00 bits per heavy atom. The highest BCUT2D eigenvalue weighted by Crippen LogP contribution is 2.23. The van der Waals surface area contributed by atoms with Crippen molar-refractivity contribution in [1.29, 1.82) is 0 Å². The summed E-state index contributed by atoms with van der Waals surface area (Å²) in [5, 5.41) is 7.18. The Kier molecular flexibility index (Phi) is 4.44. The summed E-state index contributed by atoms with van der Waals surface area (Å²) in [6.45, 7) is 1.51. The number of hydrogen-bond acceptors (Lipinski definition) is 4. The minimum atomic E-state index is -1.31. The first-order valence-electron chi connectivity index (χ1n) is 6.11. The van der Waals surface area contributed by atoms with Crippen LogP contribution in [0.15, 0.2) is 18.3 Å². The Bertz CT molecular complexity index is 731. The van der Waals surface area contributed by atoms with Crippen LogP contribution in [0.4, 0.5) is 18.9 Å². The van der Waals surface area contributed by atoms with Crippen molar-refractivity contribution in [1.82, 2.24) is 10.2 Å². The summed E-state index contributed by atoms with van der Waals surface area (Å²) in [6, 6.07) is 1.67. The lowest BCUT2D eigenvalue weighted by molar-refractivity contribution is 0.0521. The van der Waals surface area contributed by atoms with Gasteiger partial charge in [0.25, 0.3) is 5.91 Å². The maximum atomic E-state index is 14.1. The SMILES string of the molecule is CCOC(=O)c1ccc(F)c(NC(=O)c2[nH]ncc2F)c1F. The van der Waals surface area contributed by atoms with E-state index >= 15 is 0 Å². The highest BCUT2D eigenvalue weighted by Gasteiger charge is 2.23. The van der Waals surface area contributed by atoms with Gasteiger partial charge in [0.2, 0.25) is 0 Å². The lowest BCUT2D eigenvalue weighted by atomic mass is 10.1. The van der Waals surface area contributed by atoms with Gasteiger partial charge in [-0.3, -0.25) is 9.89 Å². The Morgan fingerprint density at radius 3 is 2.59 bits per heavy atom. The van der Waals surface area contributed by atoms with Crippen molar-refractivity contribution >= 4 is 17.6 Å². The zero-order valence-electron chi connectivity index (χ0n) is 11.2. The molecule has 2 aromatic rings. The Morgan fingerprint density at radius 1 is 1.27 bits per heavy atom.